The smallest absolute Gasteiger partial charge is 0.223 e. The molecule has 5 rings (SSSR count). The lowest BCUT2D eigenvalue weighted by molar-refractivity contribution is -0.127. The van der Waals surface area contributed by atoms with Crippen molar-refractivity contribution in [3.63, 3.8) is 0 Å². The van der Waals surface area contributed by atoms with E-state index in [-0.39, 0.29) is 22.8 Å². The molecule has 1 aliphatic carbocycles. The van der Waals surface area contributed by atoms with Gasteiger partial charge in [0.25, 0.3) is 0 Å². The van der Waals surface area contributed by atoms with E-state index in [2.05, 4.69) is 15.5 Å². The second-order valence-electron chi connectivity index (χ2n) is 9.58. The molecule has 2 heterocycles. The van der Waals surface area contributed by atoms with Crippen LogP contribution in [0.5, 0.6) is 0 Å². The van der Waals surface area contributed by atoms with Crippen LogP contribution in [0.3, 0.4) is 0 Å². The van der Waals surface area contributed by atoms with Gasteiger partial charge in [-0.25, -0.2) is 8.42 Å². The first-order chi connectivity index (χ1) is 16.5. The number of piperidine rings is 1. The average Bonchev–Trinajstić information content (AvgIpc) is 3.36. The number of hydrogen-bond acceptors (Lipinski definition) is 6. The summed E-state index contributed by atoms with van der Waals surface area (Å²) in [5.41, 5.74) is 1.84. The molecule has 2 aromatic carbocycles. The monoisotopic (exact) mass is 483 g/mol. The van der Waals surface area contributed by atoms with E-state index >= 15 is 0 Å². The van der Waals surface area contributed by atoms with E-state index in [0.717, 1.165) is 56.4 Å². The maximum atomic E-state index is 13.2. The molecular formula is C26H33N3O4S. The lowest BCUT2D eigenvalue weighted by Gasteiger charge is -2.29. The van der Waals surface area contributed by atoms with Gasteiger partial charge in [-0.2, -0.15) is 0 Å². The quantitative estimate of drug-likeness (QED) is 0.656. The molecule has 2 aliphatic heterocycles. The van der Waals surface area contributed by atoms with Crippen LogP contribution in [0, 0.1) is 5.92 Å². The Bertz CT molecular complexity index is 1110. The molecule has 182 valence electrons. The van der Waals surface area contributed by atoms with Crippen molar-refractivity contribution in [3.05, 3.63) is 54.1 Å². The molecule has 2 N–H and O–H groups in total. The Morgan fingerprint density at radius 3 is 2.62 bits per heavy atom. The summed E-state index contributed by atoms with van der Waals surface area (Å²) >= 11 is 0. The summed E-state index contributed by atoms with van der Waals surface area (Å²) in [6, 6.07) is 14.5. The van der Waals surface area contributed by atoms with E-state index in [1.807, 2.05) is 12.1 Å². The Labute approximate surface area is 201 Å². The molecule has 2 aromatic rings. The standard InChI is InChI=1S/C26H33N3O4S/c30-26(20-9-12-24-25(15-20)33-18-28-24)27-17-19-7-10-22(11-8-19)34(31,32)23-6-4-5-21(16-23)29-13-2-1-3-14-29/h4-8,10-11,16,20,24-25,28H,1-3,9,12-15,17-18H2,(H,27,30). The fourth-order valence-electron chi connectivity index (χ4n) is 5.30. The second kappa shape index (κ2) is 10.1. The van der Waals surface area contributed by atoms with Crippen LogP contribution < -0.4 is 15.5 Å². The zero-order chi connectivity index (χ0) is 23.5. The van der Waals surface area contributed by atoms with E-state index in [1.165, 1.54) is 6.42 Å². The van der Waals surface area contributed by atoms with Gasteiger partial charge in [0.05, 0.1) is 22.6 Å². The minimum atomic E-state index is -3.61. The van der Waals surface area contributed by atoms with Crippen molar-refractivity contribution in [2.75, 3.05) is 24.7 Å². The van der Waals surface area contributed by atoms with Gasteiger partial charge >= 0.3 is 0 Å². The number of hydrogen-bond donors (Lipinski definition) is 2. The van der Waals surface area contributed by atoms with Crippen LogP contribution in [-0.2, 0) is 25.9 Å². The first-order valence-corrected chi connectivity index (χ1v) is 13.8. The number of amides is 1. The number of nitrogens with zero attached hydrogens (tertiary/aromatic N) is 1. The molecule has 0 spiro atoms. The highest BCUT2D eigenvalue weighted by Crippen LogP contribution is 2.30. The molecule has 7 nitrogen and oxygen atoms in total. The molecule has 0 radical (unpaired) electrons. The van der Waals surface area contributed by atoms with Crippen molar-refractivity contribution in [2.45, 2.75) is 67.0 Å². The van der Waals surface area contributed by atoms with E-state index in [9.17, 15) is 13.2 Å². The molecule has 0 aromatic heterocycles. The fourth-order valence-corrected chi connectivity index (χ4v) is 6.60. The van der Waals surface area contributed by atoms with Gasteiger partial charge in [-0.05, 0) is 74.4 Å². The molecule has 8 heteroatoms. The number of ether oxygens (including phenoxy) is 1. The maximum Gasteiger partial charge on any atom is 0.223 e. The Hall–Kier alpha value is -2.42. The third-order valence-electron chi connectivity index (χ3n) is 7.35. The molecule has 0 bridgehead atoms. The van der Waals surface area contributed by atoms with E-state index < -0.39 is 9.84 Å². The Morgan fingerprint density at radius 2 is 1.82 bits per heavy atom. The zero-order valence-corrected chi connectivity index (χ0v) is 20.2. The first-order valence-electron chi connectivity index (χ1n) is 12.3. The Morgan fingerprint density at radius 1 is 1.03 bits per heavy atom. The van der Waals surface area contributed by atoms with Gasteiger partial charge < -0.3 is 15.0 Å². The molecular weight excluding hydrogens is 450 g/mol. The molecule has 3 atom stereocenters. The predicted molar refractivity (Wildman–Crippen MR) is 130 cm³/mol. The van der Waals surface area contributed by atoms with Crippen molar-refractivity contribution in [1.29, 1.82) is 0 Å². The van der Waals surface area contributed by atoms with Gasteiger partial charge in [-0.3, -0.25) is 10.1 Å². The summed E-state index contributed by atoms with van der Waals surface area (Å²) in [6.07, 6.45) is 6.20. The van der Waals surface area contributed by atoms with Crippen molar-refractivity contribution in [2.24, 2.45) is 5.92 Å². The Balaban J connectivity index is 1.21. The number of fused-ring (bicyclic) bond motifs is 1. The first kappa shape index (κ1) is 23.3. The Kier molecular flexibility index (Phi) is 6.90. The lowest BCUT2D eigenvalue weighted by atomic mass is 9.84. The van der Waals surface area contributed by atoms with Crippen LogP contribution in [0.15, 0.2) is 58.3 Å². The number of carbonyl (C=O) groups excluding carboxylic acids is 1. The largest absolute Gasteiger partial charge is 0.372 e. The van der Waals surface area contributed by atoms with Gasteiger partial charge in [-0.15, -0.1) is 0 Å². The summed E-state index contributed by atoms with van der Waals surface area (Å²) in [4.78, 5) is 15.5. The fraction of sp³-hybridized carbons (Fsp3) is 0.500. The number of nitrogens with one attached hydrogen (secondary N) is 2. The van der Waals surface area contributed by atoms with Gasteiger partial charge in [0.1, 0.15) is 0 Å². The van der Waals surface area contributed by atoms with Crippen LogP contribution in [0.4, 0.5) is 5.69 Å². The maximum absolute atomic E-state index is 13.2. The molecule has 3 unspecified atom stereocenters. The number of benzene rings is 2. The molecule has 34 heavy (non-hydrogen) atoms. The number of carbonyl (C=O) groups is 1. The highest BCUT2D eigenvalue weighted by atomic mass is 32.2. The van der Waals surface area contributed by atoms with Crippen LogP contribution in [0.25, 0.3) is 0 Å². The van der Waals surface area contributed by atoms with Crippen LogP contribution in [0.1, 0.15) is 44.1 Å². The lowest BCUT2D eigenvalue weighted by Crippen LogP contribution is -2.41. The summed E-state index contributed by atoms with van der Waals surface area (Å²) in [5.74, 6) is 0.00755. The topological polar surface area (TPSA) is 87.7 Å². The minimum absolute atomic E-state index is 0.0343. The van der Waals surface area contributed by atoms with Crippen molar-refractivity contribution >= 4 is 21.4 Å². The number of sulfone groups is 1. The van der Waals surface area contributed by atoms with Crippen LogP contribution >= 0.6 is 0 Å². The molecule has 3 fully saturated rings. The van der Waals surface area contributed by atoms with Gasteiger partial charge in [0.15, 0.2) is 0 Å². The average molecular weight is 484 g/mol. The summed E-state index contributed by atoms with van der Waals surface area (Å²) in [7, 11) is -3.61. The summed E-state index contributed by atoms with van der Waals surface area (Å²) in [5, 5.41) is 6.33. The number of anilines is 1. The molecule has 2 saturated heterocycles. The number of rotatable bonds is 6. The molecule has 3 aliphatic rings. The van der Waals surface area contributed by atoms with Crippen LogP contribution in [-0.4, -0.2) is 46.3 Å². The van der Waals surface area contributed by atoms with Crippen molar-refractivity contribution < 1.29 is 17.9 Å². The van der Waals surface area contributed by atoms with E-state index in [4.69, 9.17) is 4.74 Å². The third kappa shape index (κ3) is 4.99. The normalized spacial score (nSPS) is 25.1. The van der Waals surface area contributed by atoms with E-state index in [1.54, 1.807) is 36.4 Å². The van der Waals surface area contributed by atoms with Crippen LogP contribution in [0.2, 0.25) is 0 Å². The predicted octanol–water partition coefficient (Wildman–Crippen LogP) is 3.24. The van der Waals surface area contributed by atoms with Gasteiger partial charge in [-0.1, -0.05) is 18.2 Å². The summed E-state index contributed by atoms with van der Waals surface area (Å²) in [6.45, 7) is 2.89. The SMILES string of the molecule is O=C(NCc1ccc(S(=O)(=O)c2cccc(N3CCCCC3)c2)cc1)C1CCC2NCOC2C1. The van der Waals surface area contributed by atoms with Gasteiger partial charge in [0, 0.05) is 37.3 Å². The molecule has 1 amide bonds. The minimum Gasteiger partial charge on any atom is -0.372 e. The van der Waals surface area contributed by atoms with Crippen molar-refractivity contribution in [1.82, 2.24) is 10.6 Å². The second-order valence-corrected chi connectivity index (χ2v) is 11.5. The third-order valence-corrected chi connectivity index (χ3v) is 9.12. The highest BCUT2D eigenvalue weighted by molar-refractivity contribution is 7.91. The highest BCUT2D eigenvalue weighted by Gasteiger charge is 2.37. The van der Waals surface area contributed by atoms with E-state index in [0.29, 0.717) is 24.2 Å². The van der Waals surface area contributed by atoms with Crippen molar-refractivity contribution in [3.8, 4) is 0 Å². The van der Waals surface area contributed by atoms with Gasteiger partial charge in [0.2, 0.25) is 15.7 Å². The zero-order valence-electron chi connectivity index (χ0n) is 19.4. The summed E-state index contributed by atoms with van der Waals surface area (Å²) < 4.78 is 32.1. The molecule has 1 saturated carbocycles.